The summed E-state index contributed by atoms with van der Waals surface area (Å²) in [7, 11) is 1.59. The second-order valence-corrected chi connectivity index (χ2v) is 8.77. The number of hydrogen-bond donors (Lipinski definition) is 0. The van der Waals surface area contributed by atoms with Crippen LogP contribution in [-0.2, 0) is 0 Å². The normalized spacial score (nSPS) is 24.2. The molecule has 162 valence electrons. The molecule has 0 saturated carbocycles. The van der Waals surface area contributed by atoms with Gasteiger partial charge in [-0.25, -0.2) is 14.4 Å². The Bertz CT molecular complexity index is 899. The maximum absolute atomic E-state index is 14.7. The smallest absolute Gasteiger partial charge is 0.215 e. The summed E-state index contributed by atoms with van der Waals surface area (Å²) in [5.41, 5.74) is 0.908. The first-order valence-corrected chi connectivity index (χ1v) is 10.8. The van der Waals surface area contributed by atoms with Crippen molar-refractivity contribution >= 4 is 23.1 Å². The van der Waals surface area contributed by atoms with Crippen molar-refractivity contribution in [2.24, 2.45) is 11.8 Å². The molecule has 2 aliphatic rings. The van der Waals surface area contributed by atoms with Gasteiger partial charge in [-0.3, -0.25) is 0 Å². The minimum absolute atomic E-state index is 0.0115. The number of hydrogen-bond acceptors (Lipinski definition) is 6. The van der Waals surface area contributed by atoms with Crippen LogP contribution in [0.25, 0.3) is 0 Å². The third-order valence-electron chi connectivity index (χ3n) is 5.99. The number of methoxy groups -OCH3 is 1. The Labute approximate surface area is 182 Å². The summed E-state index contributed by atoms with van der Waals surface area (Å²) in [5, 5.41) is 0.598. The zero-order valence-corrected chi connectivity index (χ0v) is 18.4. The van der Waals surface area contributed by atoms with E-state index in [0.717, 1.165) is 44.7 Å². The third kappa shape index (κ3) is 4.41. The number of nitrogens with zero attached hydrogens (tertiary/aromatic N) is 4. The number of pyridine rings is 2. The Morgan fingerprint density at radius 3 is 2.53 bits per heavy atom. The molecule has 0 aliphatic carbocycles. The highest BCUT2D eigenvalue weighted by atomic mass is 35.5. The highest BCUT2D eigenvalue weighted by molar-refractivity contribution is 6.33. The topological polar surface area (TPSA) is 50.7 Å². The Kier molecular flexibility index (Phi) is 6.18. The first kappa shape index (κ1) is 21.0. The fourth-order valence-electron chi connectivity index (χ4n) is 4.29. The quantitative estimate of drug-likeness (QED) is 0.694. The SMILES string of the molecule is COc1cc(N2CCC(Oc3cnc(N4CCC(C)C4)c(F)c3)C(C)C2)c(Cl)cn1. The third-order valence-corrected chi connectivity index (χ3v) is 6.29. The number of halogens is 2. The summed E-state index contributed by atoms with van der Waals surface area (Å²) in [6.45, 7) is 7.56. The minimum atomic E-state index is -0.317. The van der Waals surface area contributed by atoms with Gasteiger partial charge in [-0.05, 0) is 12.3 Å². The van der Waals surface area contributed by atoms with Gasteiger partial charge in [0.25, 0.3) is 0 Å². The van der Waals surface area contributed by atoms with Crippen LogP contribution >= 0.6 is 11.6 Å². The van der Waals surface area contributed by atoms with E-state index in [-0.39, 0.29) is 17.8 Å². The van der Waals surface area contributed by atoms with E-state index in [1.807, 2.05) is 11.0 Å². The van der Waals surface area contributed by atoms with Gasteiger partial charge < -0.3 is 19.3 Å². The molecule has 8 heteroatoms. The molecule has 0 spiro atoms. The van der Waals surface area contributed by atoms with E-state index in [1.54, 1.807) is 19.5 Å². The first-order valence-electron chi connectivity index (χ1n) is 10.5. The van der Waals surface area contributed by atoms with E-state index in [1.165, 1.54) is 6.07 Å². The van der Waals surface area contributed by atoms with Crippen molar-refractivity contribution in [1.29, 1.82) is 0 Å². The summed E-state index contributed by atoms with van der Waals surface area (Å²) in [6, 6.07) is 3.32. The average molecular weight is 435 g/mol. The van der Waals surface area contributed by atoms with Crippen molar-refractivity contribution in [3.8, 4) is 11.6 Å². The number of anilines is 2. The molecule has 0 aromatic carbocycles. The van der Waals surface area contributed by atoms with Crippen molar-refractivity contribution in [3.63, 3.8) is 0 Å². The second-order valence-electron chi connectivity index (χ2n) is 8.36. The van der Waals surface area contributed by atoms with E-state index >= 15 is 0 Å². The number of aromatic nitrogens is 2. The summed E-state index contributed by atoms with van der Waals surface area (Å²) in [5.74, 6) is 1.93. The first-order chi connectivity index (χ1) is 14.4. The van der Waals surface area contributed by atoms with Crippen LogP contribution in [0, 0.1) is 17.7 Å². The van der Waals surface area contributed by atoms with E-state index in [9.17, 15) is 4.39 Å². The largest absolute Gasteiger partial charge is 0.488 e. The Morgan fingerprint density at radius 2 is 1.87 bits per heavy atom. The van der Waals surface area contributed by atoms with Crippen LogP contribution in [0.3, 0.4) is 0 Å². The van der Waals surface area contributed by atoms with Gasteiger partial charge in [-0.15, -0.1) is 0 Å². The summed E-state index contributed by atoms with van der Waals surface area (Å²) >= 11 is 6.35. The average Bonchev–Trinajstić information content (AvgIpc) is 3.16. The number of piperidine rings is 1. The lowest BCUT2D eigenvalue weighted by Crippen LogP contribution is -2.44. The van der Waals surface area contributed by atoms with E-state index in [4.69, 9.17) is 21.1 Å². The van der Waals surface area contributed by atoms with Crippen LogP contribution in [0.5, 0.6) is 11.6 Å². The molecule has 4 rings (SSSR count). The molecule has 2 saturated heterocycles. The molecule has 0 bridgehead atoms. The zero-order chi connectivity index (χ0) is 21.3. The van der Waals surface area contributed by atoms with Crippen molar-refractivity contribution in [3.05, 3.63) is 35.4 Å². The Morgan fingerprint density at radius 1 is 1.07 bits per heavy atom. The second kappa shape index (κ2) is 8.84. The highest BCUT2D eigenvalue weighted by Gasteiger charge is 2.30. The van der Waals surface area contributed by atoms with Crippen molar-refractivity contribution in [1.82, 2.24) is 9.97 Å². The molecule has 2 fully saturated rings. The summed E-state index contributed by atoms with van der Waals surface area (Å²) in [6.07, 6.45) is 5.12. The predicted octanol–water partition coefficient (Wildman–Crippen LogP) is 4.42. The molecule has 3 atom stereocenters. The number of ether oxygens (including phenoxy) is 2. The van der Waals surface area contributed by atoms with Gasteiger partial charge in [-0.1, -0.05) is 25.4 Å². The van der Waals surface area contributed by atoms with E-state index < -0.39 is 0 Å². The lowest BCUT2D eigenvalue weighted by molar-refractivity contribution is 0.120. The van der Waals surface area contributed by atoms with Gasteiger partial charge in [-0.2, -0.15) is 0 Å². The summed E-state index contributed by atoms with van der Waals surface area (Å²) < 4.78 is 26.0. The lowest BCUT2D eigenvalue weighted by Gasteiger charge is -2.38. The molecular formula is C22H28ClFN4O2. The molecule has 2 aliphatic heterocycles. The van der Waals surface area contributed by atoms with Gasteiger partial charge in [0.2, 0.25) is 5.88 Å². The Balaban J connectivity index is 1.40. The lowest BCUT2D eigenvalue weighted by atomic mass is 9.96. The van der Waals surface area contributed by atoms with Gasteiger partial charge >= 0.3 is 0 Å². The van der Waals surface area contributed by atoms with Crippen LogP contribution < -0.4 is 19.3 Å². The van der Waals surface area contributed by atoms with Crippen molar-refractivity contribution < 1.29 is 13.9 Å². The fourth-order valence-corrected chi connectivity index (χ4v) is 4.52. The van der Waals surface area contributed by atoms with Gasteiger partial charge in [0.15, 0.2) is 11.6 Å². The molecule has 4 heterocycles. The molecule has 2 aromatic rings. The highest BCUT2D eigenvalue weighted by Crippen LogP contribution is 2.33. The molecule has 6 nitrogen and oxygen atoms in total. The van der Waals surface area contributed by atoms with Gasteiger partial charge in [0, 0.05) is 50.7 Å². The molecular weight excluding hydrogens is 407 g/mol. The minimum Gasteiger partial charge on any atom is -0.488 e. The maximum Gasteiger partial charge on any atom is 0.215 e. The fraction of sp³-hybridized carbons (Fsp3) is 0.545. The molecule has 3 unspecified atom stereocenters. The van der Waals surface area contributed by atoms with Crippen molar-refractivity contribution in [2.45, 2.75) is 32.8 Å². The molecule has 0 radical (unpaired) electrons. The van der Waals surface area contributed by atoms with E-state index in [2.05, 4.69) is 28.7 Å². The number of rotatable bonds is 5. The zero-order valence-electron chi connectivity index (χ0n) is 17.6. The molecule has 2 aromatic heterocycles. The van der Waals surface area contributed by atoms with Crippen LogP contribution in [0.15, 0.2) is 24.5 Å². The monoisotopic (exact) mass is 434 g/mol. The van der Waals surface area contributed by atoms with E-state index in [0.29, 0.717) is 28.4 Å². The standard InChI is InChI=1S/C22H28ClFN4O2/c1-14-4-6-28(12-14)22-18(24)8-16(10-26-22)30-20-5-7-27(13-15(20)2)19-9-21(29-3)25-11-17(19)23/h8-11,14-15,20H,4-7,12-13H2,1-3H3. The molecule has 0 amide bonds. The molecule has 30 heavy (non-hydrogen) atoms. The molecule has 0 N–H and O–H groups in total. The van der Waals surface area contributed by atoms with Crippen molar-refractivity contribution in [2.75, 3.05) is 43.1 Å². The summed E-state index contributed by atoms with van der Waals surface area (Å²) in [4.78, 5) is 12.7. The van der Waals surface area contributed by atoms with Gasteiger partial charge in [0.05, 0.1) is 30.2 Å². The maximum atomic E-state index is 14.7. The van der Waals surface area contributed by atoms with Crippen LogP contribution in [0.2, 0.25) is 5.02 Å². The predicted molar refractivity (Wildman–Crippen MR) is 116 cm³/mol. The Hall–Kier alpha value is -2.28. The van der Waals surface area contributed by atoms with Crippen LogP contribution in [0.1, 0.15) is 26.7 Å². The van der Waals surface area contributed by atoms with Gasteiger partial charge in [0.1, 0.15) is 11.9 Å². The van der Waals surface area contributed by atoms with Crippen LogP contribution in [-0.4, -0.2) is 49.4 Å². The van der Waals surface area contributed by atoms with Crippen LogP contribution in [0.4, 0.5) is 15.9 Å².